The van der Waals surface area contributed by atoms with Crippen molar-refractivity contribution >= 4 is 21.5 Å². The van der Waals surface area contributed by atoms with Gasteiger partial charge < -0.3 is 9.64 Å². The Morgan fingerprint density at radius 2 is 1.64 bits per heavy atom. The van der Waals surface area contributed by atoms with Gasteiger partial charge in [-0.3, -0.25) is 4.72 Å². The molecular weight excluding hydrogens is 436 g/mol. The number of hydrogen-bond donors (Lipinski definition) is 1. The highest BCUT2D eigenvalue weighted by atomic mass is 32.2. The van der Waals surface area contributed by atoms with Crippen molar-refractivity contribution in [1.29, 1.82) is 0 Å². The molecule has 0 bridgehead atoms. The largest absolute Gasteiger partial charge is 0.495 e. The van der Waals surface area contributed by atoms with Gasteiger partial charge in [0, 0.05) is 24.3 Å². The number of anilines is 2. The molecule has 1 fully saturated rings. The Hall–Kier alpha value is -3.13. The van der Waals surface area contributed by atoms with Crippen LogP contribution in [0.25, 0.3) is 11.3 Å². The van der Waals surface area contributed by atoms with Gasteiger partial charge in [0.1, 0.15) is 10.6 Å². The van der Waals surface area contributed by atoms with Gasteiger partial charge in [0.05, 0.1) is 12.8 Å². The first-order chi connectivity index (χ1) is 15.8. The maximum Gasteiger partial charge on any atom is 0.265 e. The van der Waals surface area contributed by atoms with E-state index in [0.717, 1.165) is 47.2 Å². The zero-order chi connectivity index (χ0) is 23.6. The first-order valence-electron chi connectivity index (χ1n) is 11.1. The Kier molecular flexibility index (Phi) is 6.56. The number of sulfonamides is 1. The fourth-order valence-electron chi connectivity index (χ4n) is 3.94. The van der Waals surface area contributed by atoms with E-state index in [1.54, 1.807) is 24.3 Å². The maximum absolute atomic E-state index is 13.0. The van der Waals surface area contributed by atoms with Crippen molar-refractivity contribution in [3.63, 3.8) is 0 Å². The van der Waals surface area contributed by atoms with Crippen molar-refractivity contribution in [2.24, 2.45) is 5.92 Å². The summed E-state index contributed by atoms with van der Waals surface area (Å²) in [5.41, 5.74) is 3.93. The van der Waals surface area contributed by atoms with Crippen LogP contribution in [0.3, 0.4) is 0 Å². The predicted molar refractivity (Wildman–Crippen MR) is 131 cm³/mol. The number of nitrogens with zero attached hydrogens (tertiary/aromatic N) is 3. The summed E-state index contributed by atoms with van der Waals surface area (Å²) < 4.78 is 33.9. The van der Waals surface area contributed by atoms with Crippen LogP contribution in [0, 0.1) is 19.8 Å². The molecule has 7 nitrogen and oxygen atoms in total. The number of piperidine rings is 1. The van der Waals surface area contributed by atoms with Crippen LogP contribution in [0.2, 0.25) is 0 Å². The molecule has 2 heterocycles. The van der Waals surface area contributed by atoms with Crippen molar-refractivity contribution in [1.82, 2.24) is 10.2 Å². The molecule has 0 unspecified atom stereocenters. The fraction of sp³-hybridized carbons (Fsp3) is 0.360. The van der Waals surface area contributed by atoms with Crippen molar-refractivity contribution < 1.29 is 13.2 Å². The number of nitrogens with one attached hydrogen (secondary N) is 1. The summed E-state index contributed by atoms with van der Waals surface area (Å²) in [7, 11) is -2.34. The second-order valence-electron chi connectivity index (χ2n) is 8.72. The van der Waals surface area contributed by atoms with Crippen LogP contribution in [0.15, 0.2) is 53.4 Å². The predicted octanol–water partition coefficient (Wildman–Crippen LogP) is 4.81. The first-order valence-corrected chi connectivity index (χ1v) is 12.6. The van der Waals surface area contributed by atoms with Crippen molar-refractivity contribution in [3.05, 3.63) is 59.7 Å². The Morgan fingerprint density at radius 3 is 2.24 bits per heavy atom. The van der Waals surface area contributed by atoms with E-state index in [0.29, 0.717) is 11.4 Å². The van der Waals surface area contributed by atoms with E-state index in [2.05, 4.69) is 26.7 Å². The lowest BCUT2D eigenvalue weighted by atomic mass is 9.99. The average molecular weight is 467 g/mol. The zero-order valence-corrected chi connectivity index (χ0v) is 20.3. The second kappa shape index (κ2) is 9.39. The molecule has 1 saturated heterocycles. The molecule has 0 amide bonds. The fourth-order valence-corrected chi connectivity index (χ4v) is 5.23. The normalized spacial score (nSPS) is 14.8. The highest BCUT2D eigenvalue weighted by Crippen LogP contribution is 2.30. The molecule has 2 aromatic carbocycles. The number of methoxy groups -OCH3 is 1. The second-order valence-corrected chi connectivity index (χ2v) is 10.4. The van der Waals surface area contributed by atoms with Gasteiger partial charge in [0.25, 0.3) is 10.0 Å². The summed E-state index contributed by atoms with van der Waals surface area (Å²) >= 11 is 0. The zero-order valence-electron chi connectivity index (χ0n) is 19.5. The third-order valence-electron chi connectivity index (χ3n) is 6.26. The summed E-state index contributed by atoms with van der Waals surface area (Å²) in [6.07, 6.45) is 2.35. The molecule has 0 aliphatic carbocycles. The van der Waals surface area contributed by atoms with E-state index in [-0.39, 0.29) is 4.90 Å². The molecule has 33 heavy (non-hydrogen) atoms. The molecule has 8 heteroatoms. The number of aryl methyl sites for hydroxylation is 2. The van der Waals surface area contributed by atoms with Crippen molar-refractivity contribution in [2.45, 2.75) is 38.5 Å². The molecular formula is C25H30N4O3S. The van der Waals surface area contributed by atoms with Crippen LogP contribution in [0.4, 0.5) is 11.5 Å². The van der Waals surface area contributed by atoms with Gasteiger partial charge in [-0.25, -0.2) is 8.42 Å². The molecule has 3 aromatic rings. The van der Waals surface area contributed by atoms with E-state index in [1.807, 2.05) is 38.1 Å². The van der Waals surface area contributed by atoms with Crippen molar-refractivity contribution in [2.75, 3.05) is 29.8 Å². The summed E-state index contributed by atoms with van der Waals surface area (Å²) in [6, 6.07) is 14.4. The molecule has 1 aliphatic heterocycles. The minimum Gasteiger partial charge on any atom is -0.495 e. The highest BCUT2D eigenvalue weighted by molar-refractivity contribution is 7.92. The topological polar surface area (TPSA) is 84.4 Å². The maximum atomic E-state index is 13.0. The Balaban J connectivity index is 1.49. The summed E-state index contributed by atoms with van der Waals surface area (Å²) in [5.74, 6) is 1.98. The quantitative estimate of drug-likeness (QED) is 0.561. The monoisotopic (exact) mass is 466 g/mol. The Labute approximate surface area is 195 Å². The molecule has 1 aromatic heterocycles. The molecule has 0 radical (unpaired) electrons. The summed E-state index contributed by atoms with van der Waals surface area (Å²) in [4.78, 5) is 2.39. The van der Waals surface area contributed by atoms with Gasteiger partial charge in [-0.05, 0) is 80.1 Å². The standard InChI is InChI=1S/C25H30N4O3S/c1-17-11-13-29(14-12-17)25-10-9-22(26-27-25)20-5-7-21(8-6-20)28-33(30,31)24-16-19(3)18(2)15-23(24)32-4/h5-10,15-17,28H,11-14H2,1-4H3. The lowest BCUT2D eigenvalue weighted by molar-refractivity contribution is 0.402. The van der Waals surface area contributed by atoms with Crippen LogP contribution in [-0.4, -0.2) is 38.8 Å². The highest BCUT2D eigenvalue weighted by Gasteiger charge is 2.21. The van der Waals surface area contributed by atoms with E-state index in [9.17, 15) is 8.42 Å². The molecule has 174 valence electrons. The number of aromatic nitrogens is 2. The van der Waals surface area contributed by atoms with Crippen LogP contribution in [0.1, 0.15) is 30.9 Å². The van der Waals surface area contributed by atoms with Gasteiger partial charge in [0.15, 0.2) is 5.82 Å². The number of rotatable bonds is 6. The SMILES string of the molecule is COc1cc(C)c(C)cc1S(=O)(=O)Nc1ccc(-c2ccc(N3CCC(C)CC3)nn2)cc1. The van der Waals surface area contributed by atoms with E-state index in [4.69, 9.17) is 4.74 Å². The van der Waals surface area contributed by atoms with Gasteiger partial charge in [-0.15, -0.1) is 10.2 Å². The van der Waals surface area contributed by atoms with E-state index in [1.165, 1.54) is 20.0 Å². The van der Waals surface area contributed by atoms with Gasteiger partial charge >= 0.3 is 0 Å². The molecule has 1 N–H and O–H groups in total. The molecule has 1 aliphatic rings. The molecule has 4 rings (SSSR count). The molecule has 0 saturated carbocycles. The number of benzene rings is 2. The average Bonchev–Trinajstić information content (AvgIpc) is 2.81. The summed E-state index contributed by atoms with van der Waals surface area (Å²) in [5, 5.41) is 8.80. The lowest BCUT2D eigenvalue weighted by Gasteiger charge is -2.30. The van der Waals surface area contributed by atoms with Crippen LogP contribution in [-0.2, 0) is 10.0 Å². The van der Waals surface area contributed by atoms with Crippen molar-refractivity contribution in [3.8, 4) is 17.0 Å². The number of hydrogen-bond acceptors (Lipinski definition) is 6. The van der Waals surface area contributed by atoms with E-state index < -0.39 is 10.0 Å². The van der Waals surface area contributed by atoms with Crippen LogP contribution < -0.4 is 14.4 Å². The van der Waals surface area contributed by atoms with Gasteiger partial charge in [0.2, 0.25) is 0 Å². The minimum absolute atomic E-state index is 0.116. The minimum atomic E-state index is -3.80. The van der Waals surface area contributed by atoms with E-state index >= 15 is 0 Å². The van der Waals surface area contributed by atoms with Crippen LogP contribution in [0.5, 0.6) is 5.75 Å². The first kappa shape index (κ1) is 23.0. The third kappa shape index (κ3) is 5.11. The van der Waals surface area contributed by atoms with Gasteiger partial charge in [-0.1, -0.05) is 19.1 Å². The molecule has 0 spiro atoms. The Morgan fingerprint density at radius 1 is 0.970 bits per heavy atom. The third-order valence-corrected chi connectivity index (χ3v) is 7.66. The molecule has 0 atom stereocenters. The number of ether oxygens (including phenoxy) is 1. The smallest absolute Gasteiger partial charge is 0.265 e. The van der Waals surface area contributed by atoms with Crippen LogP contribution >= 0.6 is 0 Å². The summed E-state index contributed by atoms with van der Waals surface area (Å²) in [6.45, 7) is 8.10. The Bertz CT molecular complexity index is 1220. The lowest BCUT2D eigenvalue weighted by Crippen LogP contribution is -2.33. The van der Waals surface area contributed by atoms with Gasteiger partial charge in [-0.2, -0.15) is 0 Å².